The molecular weight excluding hydrogens is 460 g/mol. The van der Waals surface area contributed by atoms with Gasteiger partial charge in [-0.1, -0.05) is 36.4 Å². The number of sulfone groups is 1. The van der Waals surface area contributed by atoms with Crippen molar-refractivity contribution in [2.24, 2.45) is 0 Å². The molecule has 1 fully saturated rings. The minimum atomic E-state index is -3.68. The van der Waals surface area contributed by atoms with Crippen LogP contribution in [0.5, 0.6) is 0 Å². The second-order valence-corrected chi connectivity index (χ2v) is 9.82. The van der Waals surface area contributed by atoms with E-state index in [-0.39, 0.29) is 42.6 Å². The van der Waals surface area contributed by atoms with Gasteiger partial charge < -0.3 is 10.1 Å². The minimum Gasteiger partial charge on any atom is -0.362 e. The van der Waals surface area contributed by atoms with Crippen molar-refractivity contribution in [2.75, 3.05) is 26.3 Å². The first kappa shape index (κ1) is 22.0. The van der Waals surface area contributed by atoms with E-state index in [1.807, 2.05) is 30.3 Å². The average Bonchev–Trinajstić information content (AvgIpc) is 3.20. The second-order valence-electron chi connectivity index (χ2n) is 7.87. The van der Waals surface area contributed by atoms with E-state index < -0.39 is 27.6 Å². The maximum atomic E-state index is 13.1. The fourth-order valence-corrected chi connectivity index (χ4v) is 5.73. The highest BCUT2D eigenvalue weighted by atomic mass is 32.2. The number of fused-ring (bicyclic) bond motifs is 3. The summed E-state index contributed by atoms with van der Waals surface area (Å²) in [4.78, 5) is 38.1. The van der Waals surface area contributed by atoms with E-state index >= 15 is 0 Å². The largest absolute Gasteiger partial charge is 0.362 e. The van der Waals surface area contributed by atoms with E-state index in [2.05, 4.69) is 10.4 Å². The summed E-state index contributed by atoms with van der Waals surface area (Å²) >= 11 is 0. The molecule has 0 unspecified atom stereocenters. The summed E-state index contributed by atoms with van der Waals surface area (Å²) < 4.78 is 32.4. The Kier molecular flexibility index (Phi) is 5.50. The van der Waals surface area contributed by atoms with Gasteiger partial charge in [-0.05, 0) is 18.2 Å². The zero-order chi connectivity index (χ0) is 23.9. The highest BCUT2D eigenvalue weighted by Gasteiger charge is 2.36. The van der Waals surface area contributed by atoms with E-state index in [4.69, 9.17) is 4.74 Å². The van der Waals surface area contributed by atoms with Crippen LogP contribution in [0.4, 0.5) is 0 Å². The fourth-order valence-electron chi connectivity index (χ4n) is 4.14. The van der Waals surface area contributed by atoms with E-state index in [0.29, 0.717) is 22.5 Å². The molecule has 34 heavy (non-hydrogen) atoms. The first-order valence-corrected chi connectivity index (χ1v) is 12.2. The van der Waals surface area contributed by atoms with Crippen LogP contribution in [0.3, 0.4) is 0 Å². The van der Waals surface area contributed by atoms with Crippen LogP contribution in [-0.4, -0.2) is 67.1 Å². The number of carbonyl (C=O) groups is 3. The first-order valence-electron chi connectivity index (χ1n) is 10.6. The van der Waals surface area contributed by atoms with Crippen LogP contribution >= 0.6 is 0 Å². The number of amides is 3. The number of ether oxygens (including phenoxy) is 1. The van der Waals surface area contributed by atoms with Crippen LogP contribution in [0.15, 0.2) is 59.5 Å². The van der Waals surface area contributed by atoms with Crippen LogP contribution in [0.1, 0.15) is 16.1 Å². The van der Waals surface area contributed by atoms with E-state index in [1.165, 1.54) is 0 Å². The Morgan fingerprint density at radius 2 is 1.68 bits per heavy atom. The summed E-state index contributed by atoms with van der Waals surface area (Å²) in [7, 11) is -3.68. The zero-order valence-corrected chi connectivity index (χ0v) is 18.7. The molecule has 3 heterocycles. The lowest BCUT2D eigenvalue weighted by molar-refractivity contribution is -0.158. The zero-order valence-electron chi connectivity index (χ0n) is 17.9. The molecule has 0 bridgehead atoms. The molecule has 174 valence electrons. The number of nitrogens with zero attached hydrogens (tertiary/aromatic N) is 3. The van der Waals surface area contributed by atoms with E-state index in [0.717, 1.165) is 4.90 Å². The Morgan fingerprint density at radius 1 is 1.00 bits per heavy atom. The number of morpholine rings is 1. The van der Waals surface area contributed by atoms with Gasteiger partial charge in [0.05, 0.1) is 22.0 Å². The predicted octanol–water partition coefficient (Wildman–Crippen LogP) is 0.942. The monoisotopic (exact) mass is 480 g/mol. The molecule has 0 atom stereocenters. The molecule has 0 aliphatic carbocycles. The molecule has 1 aromatic heterocycles. The lowest BCUT2D eigenvalue weighted by atomic mass is 10.1. The third kappa shape index (κ3) is 3.78. The lowest BCUT2D eigenvalue weighted by Crippen LogP contribution is -2.49. The van der Waals surface area contributed by atoms with Crippen molar-refractivity contribution in [2.45, 2.75) is 10.6 Å². The molecule has 2 aromatic carbocycles. The average molecular weight is 481 g/mol. The van der Waals surface area contributed by atoms with Crippen LogP contribution in [0, 0.1) is 0 Å². The Bertz CT molecular complexity index is 1400. The Labute approximate surface area is 195 Å². The maximum absolute atomic E-state index is 13.1. The molecule has 5 rings (SSSR count). The summed E-state index contributed by atoms with van der Waals surface area (Å²) in [6, 6.07) is 15.8. The minimum absolute atomic E-state index is 0.00732. The molecule has 2 aliphatic rings. The highest BCUT2D eigenvalue weighted by molar-refractivity contribution is 7.90. The topological polar surface area (TPSA) is 128 Å². The summed E-state index contributed by atoms with van der Waals surface area (Å²) in [5.74, 6) is -1.90. The van der Waals surface area contributed by atoms with Crippen LogP contribution < -0.4 is 5.32 Å². The normalized spacial score (nSPS) is 16.6. The van der Waals surface area contributed by atoms with Gasteiger partial charge in [-0.2, -0.15) is 5.10 Å². The predicted molar refractivity (Wildman–Crippen MR) is 120 cm³/mol. The third-order valence-electron chi connectivity index (χ3n) is 5.69. The van der Waals surface area contributed by atoms with Crippen molar-refractivity contribution >= 4 is 27.6 Å². The lowest BCUT2D eigenvalue weighted by Gasteiger charge is -2.24. The number of hydrogen-bond acceptors (Lipinski definition) is 7. The standard InChI is InChI=1S/C23H20N4O6S/c28-19-12-33-13-20(29)26(19)11-10-24-23(30)21-17-14-34(31,32)18-9-5-4-8-16(18)22(17)27(25-21)15-6-2-1-3-7-15/h1-9H,10-14H2,(H,24,30). The molecule has 3 aromatic rings. The van der Waals surface area contributed by atoms with Gasteiger partial charge in [0.15, 0.2) is 15.5 Å². The number of para-hydroxylation sites is 1. The van der Waals surface area contributed by atoms with Crippen LogP contribution in [0.2, 0.25) is 0 Å². The Morgan fingerprint density at radius 3 is 2.41 bits per heavy atom. The molecule has 0 radical (unpaired) electrons. The Balaban J connectivity index is 1.50. The van der Waals surface area contributed by atoms with Crippen LogP contribution in [0.25, 0.3) is 16.9 Å². The molecule has 11 heteroatoms. The number of carbonyl (C=O) groups excluding carboxylic acids is 3. The summed E-state index contributed by atoms with van der Waals surface area (Å²) in [5, 5.41) is 7.15. The molecule has 3 amide bonds. The van der Waals surface area contributed by atoms with Gasteiger partial charge in [0, 0.05) is 24.2 Å². The van der Waals surface area contributed by atoms with Gasteiger partial charge in [-0.25, -0.2) is 13.1 Å². The SMILES string of the molecule is O=C(NCCN1C(=O)COCC1=O)c1nn(-c2ccccc2)c2c1CS(=O)(=O)c1ccccc1-2. The molecule has 1 saturated heterocycles. The number of imide groups is 1. The molecule has 1 N–H and O–H groups in total. The van der Waals surface area contributed by atoms with Gasteiger partial charge in [0.1, 0.15) is 13.2 Å². The molecule has 10 nitrogen and oxygen atoms in total. The molecule has 2 aliphatic heterocycles. The summed E-state index contributed by atoms with van der Waals surface area (Å²) in [6.45, 7) is -0.403. The number of rotatable bonds is 5. The third-order valence-corrected chi connectivity index (χ3v) is 7.38. The van der Waals surface area contributed by atoms with Crippen molar-refractivity contribution in [3.63, 3.8) is 0 Å². The van der Waals surface area contributed by atoms with Crippen molar-refractivity contribution in [1.82, 2.24) is 20.0 Å². The fraction of sp³-hybridized carbons (Fsp3) is 0.217. The van der Waals surface area contributed by atoms with Gasteiger partial charge in [0.2, 0.25) is 0 Å². The van der Waals surface area contributed by atoms with Gasteiger partial charge in [0.25, 0.3) is 17.7 Å². The second kappa shape index (κ2) is 8.50. The molecule has 0 saturated carbocycles. The molecular formula is C23H20N4O6S. The Hall–Kier alpha value is -3.83. The smallest absolute Gasteiger partial charge is 0.272 e. The van der Waals surface area contributed by atoms with E-state index in [1.54, 1.807) is 28.9 Å². The number of nitrogens with one attached hydrogen (secondary N) is 1. The quantitative estimate of drug-likeness (QED) is 0.539. The van der Waals surface area contributed by atoms with Crippen molar-refractivity contribution < 1.29 is 27.5 Å². The number of hydrogen-bond donors (Lipinski definition) is 1. The van der Waals surface area contributed by atoms with Gasteiger partial charge in [-0.3, -0.25) is 19.3 Å². The van der Waals surface area contributed by atoms with E-state index in [9.17, 15) is 22.8 Å². The maximum Gasteiger partial charge on any atom is 0.272 e. The van der Waals surface area contributed by atoms with Crippen LogP contribution in [-0.2, 0) is 29.9 Å². The number of benzene rings is 2. The first-order chi connectivity index (χ1) is 16.4. The van der Waals surface area contributed by atoms with Crippen molar-refractivity contribution in [3.05, 3.63) is 65.9 Å². The highest BCUT2D eigenvalue weighted by Crippen LogP contribution is 2.40. The summed E-state index contributed by atoms with van der Waals surface area (Å²) in [6.07, 6.45) is 0. The molecule has 0 spiro atoms. The number of aromatic nitrogens is 2. The van der Waals surface area contributed by atoms with Crippen molar-refractivity contribution in [1.29, 1.82) is 0 Å². The van der Waals surface area contributed by atoms with Crippen molar-refractivity contribution in [3.8, 4) is 16.9 Å². The van der Waals surface area contributed by atoms with Gasteiger partial charge in [-0.15, -0.1) is 0 Å². The summed E-state index contributed by atoms with van der Waals surface area (Å²) in [5.41, 5.74) is 1.98. The van der Waals surface area contributed by atoms with Gasteiger partial charge >= 0.3 is 0 Å².